The Hall–Kier alpha value is -1.86. The highest BCUT2D eigenvalue weighted by molar-refractivity contribution is 8.00. The zero-order valence-electron chi connectivity index (χ0n) is 14.9. The van der Waals surface area contributed by atoms with Gasteiger partial charge in [-0.25, -0.2) is 0 Å². The molecular weight excluding hydrogens is 336 g/mol. The monoisotopic (exact) mass is 360 g/mol. The SMILES string of the molecule is Cc1ccccc1-n1c(C)nnc1SC(C)C(=O)NCC1CCCO1. The highest BCUT2D eigenvalue weighted by Crippen LogP contribution is 2.27. The van der Waals surface area contributed by atoms with Crippen molar-refractivity contribution in [2.24, 2.45) is 0 Å². The van der Waals surface area contributed by atoms with Crippen LogP contribution in [0.2, 0.25) is 0 Å². The number of carbonyl (C=O) groups is 1. The van der Waals surface area contributed by atoms with Crippen molar-refractivity contribution in [3.05, 3.63) is 35.7 Å². The van der Waals surface area contributed by atoms with Crippen LogP contribution in [0.1, 0.15) is 31.2 Å². The molecule has 0 radical (unpaired) electrons. The second-order valence-electron chi connectivity index (χ2n) is 6.29. The van der Waals surface area contributed by atoms with Crippen LogP contribution in [0.25, 0.3) is 5.69 Å². The lowest BCUT2D eigenvalue weighted by molar-refractivity contribution is -0.120. The molecule has 1 saturated heterocycles. The Morgan fingerprint density at radius 3 is 2.92 bits per heavy atom. The van der Waals surface area contributed by atoms with Crippen molar-refractivity contribution in [3.63, 3.8) is 0 Å². The van der Waals surface area contributed by atoms with Crippen LogP contribution in [-0.4, -0.2) is 45.2 Å². The molecule has 0 bridgehead atoms. The molecule has 2 atom stereocenters. The number of nitrogens with zero attached hydrogens (tertiary/aromatic N) is 3. The molecule has 2 unspecified atom stereocenters. The van der Waals surface area contributed by atoms with Crippen molar-refractivity contribution in [3.8, 4) is 5.69 Å². The second-order valence-corrected chi connectivity index (χ2v) is 7.60. The molecule has 1 fully saturated rings. The number of ether oxygens (including phenoxy) is 1. The summed E-state index contributed by atoms with van der Waals surface area (Å²) < 4.78 is 7.55. The maximum absolute atomic E-state index is 12.4. The third-order valence-electron chi connectivity index (χ3n) is 4.33. The molecule has 2 heterocycles. The summed E-state index contributed by atoms with van der Waals surface area (Å²) in [4.78, 5) is 12.4. The van der Waals surface area contributed by atoms with E-state index in [2.05, 4.69) is 28.5 Å². The summed E-state index contributed by atoms with van der Waals surface area (Å²) in [6.45, 7) is 7.24. The normalized spacial score (nSPS) is 18.3. The minimum Gasteiger partial charge on any atom is -0.376 e. The minimum absolute atomic E-state index is 0.00233. The van der Waals surface area contributed by atoms with Gasteiger partial charge in [0, 0.05) is 13.2 Å². The van der Waals surface area contributed by atoms with Gasteiger partial charge in [0.05, 0.1) is 17.0 Å². The Labute approximate surface area is 152 Å². The summed E-state index contributed by atoms with van der Waals surface area (Å²) in [5.74, 6) is 0.807. The Balaban J connectivity index is 1.68. The van der Waals surface area contributed by atoms with Gasteiger partial charge in [-0.15, -0.1) is 10.2 Å². The maximum atomic E-state index is 12.4. The predicted molar refractivity (Wildman–Crippen MR) is 98.1 cm³/mol. The second kappa shape index (κ2) is 8.01. The summed E-state index contributed by atoms with van der Waals surface area (Å²) in [7, 11) is 0. The summed E-state index contributed by atoms with van der Waals surface area (Å²) >= 11 is 1.42. The molecule has 0 saturated carbocycles. The fraction of sp³-hybridized carbons (Fsp3) is 0.500. The Morgan fingerprint density at radius 2 is 2.20 bits per heavy atom. The number of aryl methyl sites for hydroxylation is 2. The smallest absolute Gasteiger partial charge is 0.233 e. The lowest BCUT2D eigenvalue weighted by atomic mass is 10.2. The summed E-state index contributed by atoms with van der Waals surface area (Å²) in [5.41, 5.74) is 2.18. The molecule has 1 aliphatic rings. The van der Waals surface area contributed by atoms with Crippen molar-refractivity contribution in [1.82, 2.24) is 20.1 Å². The van der Waals surface area contributed by atoms with Crippen LogP contribution in [0.4, 0.5) is 0 Å². The quantitative estimate of drug-likeness (QED) is 0.802. The molecule has 1 aromatic heterocycles. The van der Waals surface area contributed by atoms with E-state index in [1.54, 1.807) is 0 Å². The van der Waals surface area contributed by atoms with Crippen LogP contribution < -0.4 is 5.32 Å². The molecule has 0 aliphatic carbocycles. The number of hydrogen-bond donors (Lipinski definition) is 1. The first-order chi connectivity index (χ1) is 12.1. The summed E-state index contributed by atoms with van der Waals surface area (Å²) in [6, 6.07) is 8.10. The first kappa shape index (κ1) is 17.9. The molecule has 25 heavy (non-hydrogen) atoms. The number of carbonyl (C=O) groups excluding carboxylic acids is 1. The van der Waals surface area contributed by atoms with E-state index >= 15 is 0 Å². The molecule has 1 amide bonds. The fourth-order valence-corrected chi connectivity index (χ4v) is 3.82. The van der Waals surface area contributed by atoms with E-state index in [0.717, 1.165) is 41.7 Å². The molecule has 7 heteroatoms. The van der Waals surface area contributed by atoms with Crippen LogP contribution in [-0.2, 0) is 9.53 Å². The topological polar surface area (TPSA) is 69.0 Å². The van der Waals surface area contributed by atoms with Gasteiger partial charge in [0.15, 0.2) is 5.16 Å². The van der Waals surface area contributed by atoms with Gasteiger partial charge in [0.1, 0.15) is 5.82 Å². The van der Waals surface area contributed by atoms with Gasteiger partial charge < -0.3 is 10.1 Å². The van der Waals surface area contributed by atoms with Crippen molar-refractivity contribution in [2.45, 2.75) is 50.1 Å². The van der Waals surface area contributed by atoms with Crippen molar-refractivity contribution in [1.29, 1.82) is 0 Å². The number of thioether (sulfide) groups is 1. The molecule has 1 aromatic carbocycles. The highest BCUT2D eigenvalue weighted by Gasteiger charge is 2.22. The van der Waals surface area contributed by atoms with E-state index < -0.39 is 0 Å². The Bertz CT molecular complexity index is 740. The van der Waals surface area contributed by atoms with Crippen molar-refractivity contribution >= 4 is 17.7 Å². The van der Waals surface area contributed by atoms with Gasteiger partial charge in [0.2, 0.25) is 5.91 Å². The average Bonchev–Trinajstić information content (AvgIpc) is 3.23. The lowest BCUT2D eigenvalue weighted by Gasteiger charge is -2.16. The van der Waals surface area contributed by atoms with Crippen molar-refractivity contribution in [2.75, 3.05) is 13.2 Å². The zero-order chi connectivity index (χ0) is 17.8. The summed E-state index contributed by atoms with van der Waals surface area (Å²) in [6.07, 6.45) is 2.24. The Morgan fingerprint density at radius 1 is 1.40 bits per heavy atom. The standard InChI is InChI=1S/C18H24N4O2S/c1-12-7-4-5-9-16(12)22-14(3)20-21-18(22)25-13(2)17(23)19-11-15-8-6-10-24-15/h4-5,7,9,13,15H,6,8,10-11H2,1-3H3,(H,19,23). The molecule has 0 spiro atoms. The zero-order valence-corrected chi connectivity index (χ0v) is 15.7. The minimum atomic E-state index is -0.257. The molecule has 1 aliphatic heterocycles. The third-order valence-corrected chi connectivity index (χ3v) is 5.37. The number of rotatable bonds is 6. The van der Waals surface area contributed by atoms with Gasteiger partial charge in [0.25, 0.3) is 0 Å². The average molecular weight is 360 g/mol. The molecule has 134 valence electrons. The maximum Gasteiger partial charge on any atom is 0.233 e. The first-order valence-corrected chi connectivity index (χ1v) is 9.48. The number of hydrogen-bond acceptors (Lipinski definition) is 5. The number of amides is 1. The van der Waals surface area contributed by atoms with Crippen LogP contribution >= 0.6 is 11.8 Å². The van der Waals surface area contributed by atoms with Gasteiger partial charge in [-0.2, -0.15) is 0 Å². The highest BCUT2D eigenvalue weighted by atomic mass is 32.2. The molecule has 2 aromatic rings. The third kappa shape index (κ3) is 4.22. The molecule has 6 nitrogen and oxygen atoms in total. The number of para-hydroxylation sites is 1. The lowest BCUT2D eigenvalue weighted by Crippen LogP contribution is -2.36. The van der Waals surface area contributed by atoms with E-state index in [-0.39, 0.29) is 17.3 Å². The molecule has 3 rings (SSSR count). The number of benzene rings is 1. The molecular formula is C18H24N4O2S. The van der Waals surface area contributed by atoms with Crippen molar-refractivity contribution < 1.29 is 9.53 Å². The van der Waals surface area contributed by atoms with Gasteiger partial charge in [-0.1, -0.05) is 30.0 Å². The predicted octanol–water partition coefficient (Wildman–Crippen LogP) is 2.66. The largest absolute Gasteiger partial charge is 0.376 e. The van der Waals surface area contributed by atoms with Gasteiger partial charge in [-0.3, -0.25) is 9.36 Å². The van der Waals surface area contributed by atoms with E-state index in [4.69, 9.17) is 4.74 Å². The number of aromatic nitrogens is 3. The van der Waals surface area contributed by atoms with E-state index in [0.29, 0.717) is 6.54 Å². The van der Waals surface area contributed by atoms with E-state index in [1.165, 1.54) is 11.8 Å². The van der Waals surface area contributed by atoms with Gasteiger partial charge >= 0.3 is 0 Å². The number of nitrogens with one attached hydrogen (secondary N) is 1. The summed E-state index contributed by atoms with van der Waals surface area (Å²) in [5, 5.41) is 11.9. The van der Waals surface area contributed by atoms with E-state index in [9.17, 15) is 4.79 Å². The van der Waals surface area contributed by atoms with Crippen LogP contribution in [0, 0.1) is 13.8 Å². The van der Waals surface area contributed by atoms with Crippen LogP contribution in [0.5, 0.6) is 0 Å². The van der Waals surface area contributed by atoms with Crippen LogP contribution in [0.3, 0.4) is 0 Å². The molecule has 1 N–H and O–H groups in total. The fourth-order valence-electron chi connectivity index (χ4n) is 2.89. The Kier molecular flexibility index (Phi) is 5.75. The first-order valence-electron chi connectivity index (χ1n) is 8.60. The van der Waals surface area contributed by atoms with E-state index in [1.807, 2.05) is 36.6 Å². The van der Waals surface area contributed by atoms with Gasteiger partial charge in [-0.05, 0) is 45.2 Å². The van der Waals surface area contributed by atoms with Crippen LogP contribution in [0.15, 0.2) is 29.4 Å².